The lowest BCUT2D eigenvalue weighted by Crippen LogP contribution is -2.47. The van der Waals surface area contributed by atoms with Gasteiger partial charge in [0.05, 0.1) is 5.69 Å². The van der Waals surface area contributed by atoms with Crippen LogP contribution in [0.4, 0.5) is 10.7 Å². The molecule has 0 spiro atoms. The summed E-state index contributed by atoms with van der Waals surface area (Å²) in [6.07, 6.45) is 3.95. The smallest absolute Gasteiger partial charge is 0.410 e. The number of halogens is 1. The van der Waals surface area contributed by atoms with Crippen molar-refractivity contribution in [2.45, 2.75) is 64.0 Å². The molecular weight excluding hydrogens is 374 g/mol. The van der Waals surface area contributed by atoms with Crippen molar-refractivity contribution < 1.29 is 9.53 Å². The zero-order chi connectivity index (χ0) is 17.3. The summed E-state index contributed by atoms with van der Waals surface area (Å²) in [5.74, 6) is 1.04. The van der Waals surface area contributed by atoms with Gasteiger partial charge in [-0.2, -0.15) is 0 Å². The first-order valence-corrected chi connectivity index (χ1v) is 9.26. The number of likely N-dealkylation sites (tertiary alicyclic amines) is 1. The minimum atomic E-state index is -0.477. The van der Waals surface area contributed by atoms with Crippen molar-refractivity contribution in [1.29, 1.82) is 0 Å². The highest BCUT2D eigenvalue weighted by Gasteiger charge is 2.30. The Morgan fingerprint density at radius 1 is 1.29 bits per heavy atom. The van der Waals surface area contributed by atoms with Gasteiger partial charge in [-0.3, -0.25) is 0 Å². The van der Waals surface area contributed by atoms with Crippen LogP contribution in [0.1, 0.15) is 58.1 Å². The molecular formula is C16H24BrN5O2. The van der Waals surface area contributed by atoms with Gasteiger partial charge in [0, 0.05) is 25.0 Å². The van der Waals surface area contributed by atoms with Gasteiger partial charge in [-0.05, 0) is 62.4 Å². The Hall–Kier alpha value is -1.44. The summed E-state index contributed by atoms with van der Waals surface area (Å²) in [6.45, 7) is 6.95. The lowest BCUT2D eigenvalue weighted by atomic mass is 10.1. The summed E-state index contributed by atoms with van der Waals surface area (Å²) in [7, 11) is 0. The number of piperidine rings is 1. The average Bonchev–Trinajstić information content (AvgIpc) is 3.32. The van der Waals surface area contributed by atoms with Gasteiger partial charge in [0.15, 0.2) is 4.60 Å². The molecule has 2 aliphatic rings. The third-order valence-electron chi connectivity index (χ3n) is 4.04. The number of carbonyl (C=O) groups is 1. The molecule has 1 saturated carbocycles. The molecule has 1 aliphatic heterocycles. The van der Waals surface area contributed by atoms with Crippen molar-refractivity contribution in [3.05, 3.63) is 10.3 Å². The van der Waals surface area contributed by atoms with Crippen molar-refractivity contribution in [2.24, 2.45) is 0 Å². The van der Waals surface area contributed by atoms with Crippen LogP contribution < -0.4 is 5.32 Å². The van der Waals surface area contributed by atoms with E-state index in [9.17, 15) is 4.79 Å². The van der Waals surface area contributed by atoms with Crippen molar-refractivity contribution in [3.8, 4) is 0 Å². The number of rotatable bonds is 3. The molecule has 2 heterocycles. The van der Waals surface area contributed by atoms with Crippen LogP contribution in [-0.4, -0.2) is 50.9 Å². The van der Waals surface area contributed by atoms with Crippen molar-refractivity contribution in [2.75, 3.05) is 18.4 Å². The topological polar surface area (TPSA) is 80.2 Å². The van der Waals surface area contributed by atoms with Gasteiger partial charge < -0.3 is 15.0 Å². The molecule has 0 bridgehead atoms. The maximum Gasteiger partial charge on any atom is 0.410 e. The molecule has 0 radical (unpaired) electrons. The Bertz CT molecular complexity index is 615. The molecule has 0 aromatic carbocycles. The van der Waals surface area contributed by atoms with Gasteiger partial charge in [-0.25, -0.2) is 9.78 Å². The minimum absolute atomic E-state index is 0.112. The normalized spacial score (nSPS) is 21.5. The molecule has 2 fully saturated rings. The standard InChI is InChI=1S/C16H24BrN5O2/c1-16(2,3)24-15(23)22-8-4-5-11(9-22)18-14-19-12(10-6-7-10)13(17)20-21-14/h10-11H,4-9H2,1-3H3,(H,18,19,21)/t11-/m1/s1. The second-order valence-corrected chi connectivity index (χ2v) is 8.25. The Morgan fingerprint density at radius 2 is 2.04 bits per heavy atom. The van der Waals surface area contributed by atoms with Gasteiger partial charge in [0.25, 0.3) is 0 Å². The highest BCUT2D eigenvalue weighted by atomic mass is 79.9. The molecule has 1 N–H and O–H groups in total. The number of aromatic nitrogens is 3. The van der Waals surface area contributed by atoms with Crippen LogP contribution in [0.25, 0.3) is 0 Å². The molecule has 132 valence electrons. The third kappa shape index (κ3) is 4.55. The summed E-state index contributed by atoms with van der Waals surface area (Å²) < 4.78 is 6.19. The SMILES string of the molecule is CC(C)(C)OC(=O)N1CCC[C@@H](Nc2nnc(Br)c(C3CC3)n2)C1. The molecule has 1 saturated heterocycles. The number of anilines is 1. The van der Waals surface area contributed by atoms with E-state index in [0.717, 1.165) is 42.5 Å². The highest BCUT2D eigenvalue weighted by Crippen LogP contribution is 2.41. The minimum Gasteiger partial charge on any atom is -0.444 e. The lowest BCUT2D eigenvalue weighted by Gasteiger charge is -2.34. The van der Waals surface area contributed by atoms with E-state index >= 15 is 0 Å². The van der Waals surface area contributed by atoms with E-state index in [4.69, 9.17) is 4.74 Å². The Labute approximate surface area is 150 Å². The fourth-order valence-electron chi connectivity index (χ4n) is 2.77. The second kappa shape index (κ2) is 6.82. The van der Waals surface area contributed by atoms with Crippen LogP contribution >= 0.6 is 15.9 Å². The number of carbonyl (C=O) groups excluding carboxylic acids is 1. The van der Waals surface area contributed by atoms with E-state index < -0.39 is 5.60 Å². The molecule has 24 heavy (non-hydrogen) atoms. The molecule has 0 unspecified atom stereocenters. The maximum atomic E-state index is 12.2. The van der Waals surface area contributed by atoms with Crippen LogP contribution in [0, 0.1) is 0 Å². The number of amides is 1. The molecule has 3 rings (SSSR count). The molecule has 1 aromatic rings. The third-order valence-corrected chi connectivity index (χ3v) is 4.61. The number of nitrogens with one attached hydrogen (secondary N) is 1. The van der Waals surface area contributed by atoms with Crippen molar-refractivity contribution in [1.82, 2.24) is 20.1 Å². The zero-order valence-corrected chi connectivity index (χ0v) is 16.0. The lowest BCUT2D eigenvalue weighted by molar-refractivity contribution is 0.0206. The molecule has 1 atom stereocenters. The molecule has 7 nitrogen and oxygen atoms in total. The van der Waals surface area contributed by atoms with Crippen molar-refractivity contribution in [3.63, 3.8) is 0 Å². The van der Waals surface area contributed by atoms with E-state index in [1.807, 2.05) is 20.8 Å². The first-order valence-electron chi connectivity index (χ1n) is 8.46. The van der Waals surface area contributed by atoms with Crippen LogP contribution in [0.2, 0.25) is 0 Å². The highest BCUT2D eigenvalue weighted by molar-refractivity contribution is 9.10. The van der Waals surface area contributed by atoms with Crippen LogP contribution in [0.15, 0.2) is 4.60 Å². The van der Waals surface area contributed by atoms with Gasteiger partial charge in [-0.1, -0.05) is 0 Å². The molecule has 1 aromatic heterocycles. The second-order valence-electron chi connectivity index (χ2n) is 7.50. The van der Waals surface area contributed by atoms with Gasteiger partial charge >= 0.3 is 6.09 Å². The number of nitrogens with zero attached hydrogens (tertiary/aromatic N) is 4. The summed E-state index contributed by atoms with van der Waals surface area (Å²) in [6, 6.07) is 0.112. The number of hydrogen-bond acceptors (Lipinski definition) is 6. The Morgan fingerprint density at radius 3 is 2.71 bits per heavy atom. The summed E-state index contributed by atoms with van der Waals surface area (Å²) in [5, 5.41) is 11.6. The first-order chi connectivity index (χ1) is 11.3. The summed E-state index contributed by atoms with van der Waals surface area (Å²) >= 11 is 3.42. The van der Waals surface area contributed by atoms with Crippen LogP contribution in [-0.2, 0) is 4.74 Å². The predicted octanol–water partition coefficient (Wildman–Crippen LogP) is 3.32. The summed E-state index contributed by atoms with van der Waals surface area (Å²) in [4.78, 5) is 18.6. The fraction of sp³-hybridized carbons (Fsp3) is 0.750. The van der Waals surface area contributed by atoms with Gasteiger partial charge in [-0.15, -0.1) is 10.2 Å². The van der Waals surface area contributed by atoms with E-state index in [1.54, 1.807) is 4.90 Å². The quantitative estimate of drug-likeness (QED) is 0.842. The predicted molar refractivity (Wildman–Crippen MR) is 94.0 cm³/mol. The fourth-order valence-corrected chi connectivity index (χ4v) is 3.26. The monoisotopic (exact) mass is 397 g/mol. The number of hydrogen-bond donors (Lipinski definition) is 1. The van der Waals surface area contributed by atoms with E-state index in [-0.39, 0.29) is 12.1 Å². The van der Waals surface area contributed by atoms with Crippen LogP contribution in [0.5, 0.6) is 0 Å². The Balaban J connectivity index is 1.61. The van der Waals surface area contributed by atoms with E-state index in [2.05, 4.69) is 36.4 Å². The Kier molecular flexibility index (Phi) is 4.94. The van der Waals surface area contributed by atoms with Crippen LogP contribution in [0.3, 0.4) is 0 Å². The van der Waals surface area contributed by atoms with E-state index in [1.165, 1.54) is 0 Å². The summed E-state index contributed by atoms with van der Waals surface area (Å²) in [5.41, 5.74) is 0.502. The largest absolute Gasteiger partial charge is 0.444 e. The van der Waals surface area contributed by atoms with Crippen molar-refractivity contribution >= 4 is 28.0 Å². The molecule has 1 amide bonds. The van der Waals surface area contributed by atoms with Gasteiger partial charge in [0.1, 0.15) is 5.60 Å². The van der Waals surface area contributed by atoms with Gasteiger partial charge in [0.2, 0.25) is 5.95 Å². The average molecular weight is 398 g/mol. The maximum absolute atomic E-state index is 12.2. The zero-order valence-electron chi connectivity index (χ0n) is 14.4. The number of ether oxygens (including phenoxy) is 1. The molecule has 1 aliphatic carbocycles. The van der Waals surface area contributed by atoms with E-state index in [0.29, 0.717) is 18.4 Å². The molecule has 8 heteroatoms. The first kappa shape index (κ1) is 17.4.